The lowest BCUT2D eigenvalue weighted by molar-refractivity contribution is 0.142. The number of allylic oxidation sites excluding steroid dienone is 2. The Kier molecular flexibility index (Phi) is 7.33. The maximum atomic E-state index is 13.4. The largest absolute Gasteiger partial charge is 0.497 e. The Balaban J connectivity index is 1.92. The molecule has 3 nitrogen and oxygen atoms in total. The monoisotopic (exact) mass is 456 g/mol. The summed E-state index contributed by atoms with van der Waals surface area (Å²) < 4.78 is 25.0. The molecule has 0 saturated carbocycles. The van der Waals surface area contributed by atoms with E-state index < -0.39 is 10.8 Å². The zero-order chi connectivity index (χ0) is 20.1. The van der Waals surface area contributed by atoms with Gasteiger partial charge in [-0.3, -0.25) is 0 Å². The van der Waals surface area contributed by atoms with E-state index in [9.17, 15) is 4.21 Å². The maximum Gasteiger partial charge on any atom is 0.120 e. The van der Waals surface area contributed by atoms with Crippen molar-refractivity contribution in [1.82, 2.24) is 0 Å². The predicted octanol–water partition coefficient (Wildman–Crippen LogP) is 4.25. The summed E-state index contributed by atoms with van der Waals surface area (Å²) in [6.45, 7) is 0. The molecule has 0 aliphatic heterocycles. The second kappa shape index (κ2) is 9.72. The molecule has 2 atom stereocenters. The number of benzene rings is 2. The highest BCUT2D eigenvalue weighted by Gasteiger charge is 2.18. The highest BCUT2D eigenvalue weighted by atomic mass is 79.9. The summed E-state index contributed by atoms with van der Waals surface area (Å²) in [7, 11) is 8.17. The summed E-state index contributed by atoms with van der Waals surface area (Å²) in [4.78, 5) is 1.33. The molecule has 144 valence electrons. The van der Waals surface area contributed by atoms with E-state index in [1.165, 1.54) is 5.57 Å². The van der Waals surface area contributed by atoms with Crippen molar-refractivity contribution in [1.29, 1.82) is 0 Å². The molecule has 1 aliphatic carbocycles. The van der Waals surface area contributed by atoms with Crippen LogP contribution in [-0.4, -0.2) is 32.4 Å². The van der Waals surface area contributed by atoms with E-state index in [4.69, 9.17) is 17.3 Å². The Morgan fingerprint density at radius 1 is 1.21 bits per heavy atom. The van der Waals surface area contributed by atoms with Gasteiger partial charge in [0, 0.05) is 21.4 Å². The van der Waals surface area contributed by atoms with E-state index in [1.807, 2.05) is 24.3 Å². The first-order valence-electron chi connectivity index (χ1n) is 9.06. The first kappa shape index (κ1) is 21.1. The van der Waals surface area contributed by atoms with Crippen LogP contribution in [0.25, 0.3) is 0 Å². The fraction of sp³-hybridized carbons (Fsp3) is 0.273. The normalized spacial score (nSPS) is 17.2. The number of methoxy groups -OCH3 is 2. The van der Waals surface area contributed by atoms with Gasteiger partial charge in [-0.05, 0) is 54.7 Å². The molecule has 0 spiro atoms. The lowest BCUT2D eigenvalue weighted by Gasteiger charge is -2.18. The van der Waals surface area contributed by atoms with E-state index >= 15 is 0 Å². The van der Waals surface area contributed by atoms with Crippen molar-refractivity contribution in [2.24, 2.45) is 0 Å². The quantitative estimate of drug-likeness (QED) is 0.584. The van der Waals surface area contributed by atoms with Crippen LogP contribution in [0.4, 0.5) is 0 Å². The lowest BCUT2D eigenvalue weighted by Crippen LogP contribution is -2.16. The molecule has 0 bridgehead atoms. The molecular formula is C22H22BBrO3S. The van der Waals surface area contributed by atoms with Crippen LogP contribution in [-0.2, 0) is 22.0 Å². The van der Waals surface area contributed by atoms with Crippen LogP contribution in [0.5, 0.6) is 5.75 Å². The van der Waals surface area contributed by atoms with Gasteiger partial charge >= 0.3 is 0 Å². The zero-order valence-corrected chi connectivity index (χ0v) is 18.4. The SMILES string of the molecule is [B]c1ccc(Br)c(CCC2=CC(OC)CC=C2)c1S(=O)c1cccc(OC)c1. The number of halogens is 1. The molecule has 6 heteroatoms. The summed E-state index contributed by atoms with van der Waals surface area (Å²) in [5.41, 5.74) is 2.71. The lowest BCUT2D eigenvalue weighted by atomic mass is 9.91. The number of ether oxygens (including phenoxy) is 2. The zero-order valence-electron chi connectivity index (χ0n) is 16.0. The number of hydrogen-bond acceptors (Lipinski definition) is 3. The van der Waals surface area contributed by atoms with E-state index in [0.717, 1.165) is 29.3 Å². The van der Waals surface area contributed by atoms with Crippen LogP contribution in [0.15, 0.2) is 74.5 Å². The Morgan fingerprint density at radius 3 is 2.79 bits per heavy atom. The highest BCUT2D eigenvalue weighted by Crippen LogP contribution is 2.29. The van der Waals surface area contributed by atoms with Crippen molar-refractivity contribution >= 4 is 40.0 Å². The van der Waals surface area contributed by atoms with Crippen molar-refractivity contribution in [2.75, 3.05) is 14.2 Å². The van der Waals surface area contributed by atoms with Crippen LogP contribution in [0, 0.1) is 0 Å². The molecule has 0 aromatic heterocycles. The fourth-order valence-corrected chi connectivity index (χ4v) is 5.26. The average molecular weight is 457 g/mol. The molecule has 2 aromatic rings. The van der Waals surface area contributed by atoms with Gasteiger partial charge in [0.05, 0.1) is 24.0 Å². The standard InChI is InChI=1S/C22H22BBrO3S/c1-26-16-6-3-5-15(13-16)9-10-19-21(24)12-11-20(23)22(19)28(25)18-8-4-7-17(14-18)27-2/h3-5,7-8,11-14,16H,6,9-10H2,1-2H3. The summed E-state index contributed by atoms with van der Waals surface area (Å²) in [5.74, 6) is 0.670. The van der Waals surface area contributed by atoms with Crippen molar-refractivity contribution in [3.8, 4) is 5.75 Å². The first-order valence-corrected chi connectivity index (χ1v) is 11.0. The van der Waals surface area contributed by atoms with Crippen molar-refractivity contribution in [3.63, 3.8) is 0 Å². The summed E-state index contributed by atoms with van der Waals surface area (Å²) in [6, 6.07) is 11.0. The van der Waals surface area contributed by atoms with Crippen LogP contribution in [0.3, 0.4) is 0 Å². The Labute approximate surface area is 178 Å². The molecule has 3 rings (SSSR count). The second-order valence-electron chi connectivity index (χ2n) is 6.55. The predicted molar refractivity (Wildman–Crippen MR) is 118 cm³/mol. The maximum absolute atomic E-state index is 13.4. The minimum absolute atomic E-state index is 0.120. The molecule has 2 aromatic carbocycles. The van der Waals surface area contributed by atoms with Gasteiger partial charge in [-0.15, -0.1) is 0 Å². The summed E-state index contributed by atoms with van der Waals surface area (Å²) in [5, 5.41) is 0. The molecule has 0 fully saturated rings. The van der Waals surface area contributed by atoms with Crippen LogP contribution in [0.1, 0.15) is 18.4 Å². The van der Waals surface area contributed by atoms with Crippen molar-refractivity contribution in [3.05, 3.63) is 70.2 Å². The van der Waals surface area contributed by atoms with Crippen molar-refractivity contribution in [2.45, 2.75) is 35.2 Å². The van der Waals surface area contributed by atoms with E-state index in [2.05, 4.69) is 34.2 Å². The molecule has 0 saturated heterocycles. The average Bonchev–Trinajstić information content (AvgIpc) is 2.74. The van der Waals surface area contributed by atoms with Gasteiger partial charge in [0.15, 0.2) is 0 Å². The Bertz CT molecular complexity index is 939. The van der Waals surface area contributed by atoms with Gasteiger partial charge in [0.25, 0.3) is 0 Å². The van der Waals surface area contributed by atoms with Gasteiger partial charge in [0.2, 0.25) is 0 Å². The van der Waals surface area contributed by atoms with E-state index in [1.54, 1.807) is 26.4 Å². The fourth-order valence-electron chi connectivity index (χ4n) is 3.22. The van der Waals surface area contributed by atoms with Gasteiger partial charge in [-0.2, -0.15) is 0 Å². The second-order valence-corrected chi connectivity index (χ2v) is 8.82. The minimum Gasteiger partial charge on any atom is -0.497 e. The first-order chi connectivity index (χ1) is 13.5. The smallest absolute Gasteiger partial charge is 0.120 e. The molecular weight excluding hydrogens is 435 g/mol. The molecule has 0 N–H and O–H groups in total. The molecule has 1 aliphatic rings. The van der Waals surface area contributed by atoms with Crippen LogP contribution < -0.4 is 10.2 Å². The van der Waals surface area contributed by atoms with E-state index in [0.29, 0.717) is 21.0 Å². The number of hydrogen-bond donors (Lipinski definition) is 0. The Morgan fingerprint density at radius 2 is 2.04 bits per heavy atom. The summed E-state index contributed by atoms with van der Waals surface area (Å²) >= 11 is 3.62. The van der Waals surface area contributed by atoms with Gasteiger partial charge in [0.1, 0.15) is 13.6 Å². The van der Waals surface area contributed by atoms with E-state index in [-0.39, 0.29) is 6.10 Å². The molecule has 0 amide bonds. The molecule has 2 unspecified atom stereocenters. The third kappa shape index (κ3) is 4.86. The minimum atomic E-state index is -1.40. The third-order valence-corrected chi connectivity index (χ3v) is 7.02. The third-order valence-electron chi connectivity index (χ3n) is 4.74. The molecule has 2 radical (unpaired) electrons. The van der Waals surface area contributed by atoms with Gasteiger partial charge < -0.3 is 9.47 Å². The van der Waals surface area contributed by atoms with Crippen molar-refractivity contribution < 1.29 is 13.7 Å². The molecule has 0 heterocycles. The highest BCUT2D eigenvalue weighted by molar-refractivity contribution is 9.10. The van der Waals surface area contributed by atoms with Crippen LogP contribution >= 0.6 is 15.9 Å². The topological polar surface area (TPSA) is 35.5 Å². The van der Waals surface area contributed by atoms with Gasteiger partial charge in [-0.1, -0.05) is 51.8 Å². The van der Waals surface area contributed by atoms with Crippen LogP contribution in [0.2, 0.25) is 0 Å². The summed E-state index contributed by atoms with van der Waals surface area (Å²) in [6.07, 6.45) is 8.98. The Hall–Kier alpha value is -1.63. The number of rotatable bonds is 7. The molecule has 28 heavy (non-hydrogen) atoms. The van der Waals surface area contributed by atoms with Gasteiger partial charge in [-0.25, -0.2) is 4.21 Å².